The molecule has 3 aliphatic heterocycles. The Bertz CT molecular complexity index is 833. The Kier molecular flexibility index (Phi) is 4.74. The van der Waals surface area contributed by atoms with Crippen molar-refractivity contribution in [3.8, 4) is 11.3 Å². The topological polar surface area (TPSA) is 74.6 Å². The van der Waals surface area contributed by atoms with Gasteiger partial charge in [0.1, 0.15) is 5.76 Å². The zero-order chi connectivity index (χ0) is 19.0. The van der Waals surface area contributed by atoms with Gasteiger partial charge in [0.05, 0.1) is 0 Å². The lowest BCUT2D eigenvalue weighted by Gasteiger charge is -2.49. The van der Waals surface area contributed by atoms with Gasteiger partial charge in [0.2, 0.25) is 0 Å². The Morgan fingerprint density at radius 3 is 2.37 bits per heavy atom. The molecule has 27 heavy (non-hydrogen) atoms. The van der Waals surface area contributed by atoms with Gasteiger partial charge in [-0.25, -0.2) is 0 Å². The maximum absolute atomic E-state index is 12.7. The second kappa shape index (κ2) is 7.19. The first kappa shape index (κ1) is 17.8. The highest BCUT2D eigenvalue weighted by Gasteiger charge is 2.40. The summed E-state index contributed by atoms with van der Waals surface area (Å²) in [4.78, 5) is 26.8. The van der Waals surface area contributed by atoms with Crippen molar-refractivity contribution in [3.63, 3.8) is 0 Å². The summed E-state index contributed by atoms with van der Waals surface area (Å²) in [5.41, 5.74) is 1.42. The molecule has 2 atom stereocenters. The normalized spacial score (nSPS) is 26.6. The van der Waals surface area contributed by atoms with E-state index in [1.807, 2.05) is 12.1 Å². The molecule has 1 aromatic heterocycles. The SMILES string of the molecule is CNC(=O)c1ccc(-c2ccc(C(=O)N[C@@H]3C4CCN(CC4)[C@H]3C)o2)cc1. The molecule has 0 radical (unpaired) electrons. The Labute approximate surface area is 158 Å². The maximum Gasteiger partial charge on any atom is 0.287 e. The van der Waals surface area contributed by atoms with Gasteiger partial charge in [-0.05, 0) is 63.0 Å². The van der Waals surface area contributed by atoms with Crippen LogP contribution in [0.5, 0.6) is 0 Å². The average Bonchev–Trinajstić information content (AvgIpc) is 3.21. The Morgan fingerprint density at radius 1 is 1.04 bits per heavy atom. The molecule has 3 aliphatic rings. The first-order valence-electron chi connectivity index (χ1n) is 9.54. The summed E-state index contributed by atoms with van der Waals surface area (Å²) in [5.74, 6) is 1.21. The smallest absolute Gasteiger partial charge is 0.287 e. The highest BCUT2D eigenvalue weighted by molar-refractivity contribution is 5.94. The summed E-state index contributed by atoms with van der Waals surface area (Å²) in [5, 5.41) is 5.78. The van der Waals surface area contributed by atoms with Gasteiger partial charge in [-0.3, -0.25) is 14.5 Å². The highest BCUT2D eigenvalue weighted by atomic mass is 16.3. The number of fused-ring (bicyclic) bond motifs is 3. The number of hydrogen-bond acceptors (Lipinski definition) is 4. The van der Waals surface area contributed by atoms with Gasteiger partial charge < -0.3 is 15.1 Å². The van der Waals surface area contributed by atoms with E-state index in [2.05, 4.69) is 22.5 Å². The molecule has 3 fully saturated rings. The van der Waals surface area contributed by atoms with Crippen LogP contribution in [0.1, 0.15) is 40.7 Å². The van der Waals surface area contributed by atoms with Crippen molar-refractivity contribution in [2.45, 2.75) is 31.8 Å². The minimum absolute atomic E-state index is 0.132. The van der Waals surface area contributed by atoms with Crippen LogP contribution in [0, 0.1) is 5.92 Å². The standard InChI is InChI=1S/C21H25N3O3/c1-13-19(15-9-11-24(13)12-10-15)23-21(26)18-8-7-17(27-18)14-3-5-16(6-4-14)20(25)22-2/h3-8,13,15,19H,9-12H2,1-2H3,(H,22,25)(H,23,26)/t13-,19-/m0/s1. The molecule has 4 heterocycles. The van der Waals surface area contributed by atoms with Crippen molar-refractivity contribution in [3.05, 3.63) is 47.7 Å². The van der Waals surface area contributed by atoms with Gasteiger partial charge >= 0.3 is 0 Å². The fourth-order valence-corrected chi connectivity index (χ4v) is 4.31. The van der Waals surface area contributed by atoms with Gasteiger partial charge in [-0.15, -0.1) is 0 Å². The molecular weight excluding hydrogens is 342 g/mol. The number of benzene rings is 1. The number of furan rings is 1. The third-order valence-electron chi connectivity index (χ3n) is 5.96. The highest BCUT2D eigenvalue weighted by Crippen LogP contribution is 2.32. The summed E-state index contributed by atoms with van der Waals surface area (Å²) >= 11 is 0. The zero-order valence-electron chi connectivity index (χ0n) is 15.7. The fourth-order valence-electron chi connectivity index (χ4n) is 4.31. The van der Waals surface area contributed by atoms with Crippen molar-refractivity contribution in [2.24, 2.45) is 5.92 Å². The molecule has 0 unspecified atom stereocenters. The van der Waals surface area contributed by atoms with Crippen LogP contribution in [0.25, 0.3) is 11.3 Å². The molecule has 142 valence electrons. The molecule has 3 saturated heterocycles. The molecule has 0 spiro atoms. The van der Waals surface area contributed by atoms with Crippen LogP contribution >= 0.6 is 0 Å². The molecule has 0 saturated carbocycles. The van der Waals surface area contributed by atoms with Gasteiger partial charge in [0.25, 0.3) is 11.8 Å². The van der Waals surface area contributed by atoms with Crippen molar-refractivity contribution in [1.82, 2.24) is 15.5 Å². The summed E-state index contributed by atoms with van der Waals surface area (Å²) in [6, 6.07) is 11.2. The second-order valence-corrected chi connectivity index (χ2v) is 7.43. The van der Waals surface area contributed by atoms with E-state index in [1.54, 1.807) is 31.3 Å². The number of nitrogens with zero attached hydrogens (tertiary/aromatic N) is 1. The van der Waals surface area contributed by atoms with E-state index in [-0.39, 0.29) is 17.9 Å². The molecule has 2 aromatic rings. The molecule has 2 N–H and O–H groups in total. The van der Waals surface area contributed by atoms with Crippen LogP contribution in [0.2, 0.25) is 0 Å². The Hall–Kier alpha value is -2.60. The van der Waals surface area contributed by atoms with Gasteiger partial charge in [-0.1, -0.05) is 12.1 Å². The number of rotatable bonds is 4. The van der Waals surface area contributed by atoms with Crippen LogP contribution in [-0.4, -0.2) is 48.9 Å². The number of carbonyl (C=O) groups is 2. The predicted molar refractivity (Wildman–Crippen MR) is 103 cm³/mol. The lowest BCUT2D eigenvalue weighted by molar-refractivity contribution is 0.0211. The lowest BCUT2D eigenvalue weighted by atomic mass is 9.79. The van der Waals surface area contributed by atoms with Crippen LogP contribution in [0.15, 0.2) is 40.8 Å². The Morgan fingerprint density at radius 2 is 1.74 bits per heavy atom. The first-order valence-corrected chi connectivity index (χ1v) is 9.54. The van der Waals surface area contributed by atoms with E-state index >= 15 is 0 Å². The van der Waals surface area contributed by atoms with Crippen molar-refractivity contribution in [1.29, 1.82) is 0 Å². The van der Waals surface area contributed by atoms with Crippen molar-refractivity contribution in [2.75, 3.05) is 20.1 Å². The maximum atomic E-state index is 12.7. The summed E-state index contributed by atoms with van der Waals surface area (Å²) in [6.07, 6.45) is 2.30. The average molecular weight is 367 g/mol. The van der Waals surface area contributed by atoms with Crippen LogP contribution in [-0.2, 0) is 0 Å². The molecule has 6 nitrogen and oxygen atoms in total. The summed E-state index contributed by atoms with van der Waals surface area (Å²) in [6.45, 7) is 4.46. The molecule has 2 bridgehead atoms. The molecule has 1 aromatic carbocycles. The van der Waals surface area contributed by atoms with Crippen LogP contribution in [0.4, 0.5) is 0 Å². The minimum Gasteiger partial charge on any atom is -0.451 e. The largest absolute Gasteiger partial charge is 0.451 e. The van der Waals surface area contributed by atoms with Gasteiger partial charge in [-0.2, -0.15) is 0 Å². The van der Waals surface area contributed by atoms with Crippen LogP contribution < -0.4 is 10.6 Å². The third-order valence-corrected chi connectivity index (χ3v) is 5.96. The van der Waals surface area contributed by atoms with E-state index in [0.29, 0.717) is 29.0 Å². The molecular formula is C21H25N3O3. The lowest BCUT2D eigenvalue weighted by Crippen LogP contribution is -2.62. The number of amides is 2. The van der Waals surface area contributed by atoms with E-state index in [4.69, 9.17) is 4.42 Å². The quantitative estimate of drug-likeness (QED) is 0.871. The molecule has 2 amide bonds. The molecule has 6 heteroatoms. The minimum atomic E-state index is -0.158. The van der Waals surface area contributed by atoms with E-state index in [1.165, 1.54) is 0 Å². The number of carbonyl (C=O) groups excluding carboxylic acids is 2. The fraction of sp³-hybridized carbons (Fsp3) is 0.429. The number of piperidine rings is 3. The predicted octanol–water partition coefficient (Wildman–Crippen LogP) is 2.52. The van der Waals surface area contributed by atoms with E-state index in [9.17, 15) is 9.59 Å². The third kappa shape index (κ3) is 3.37. The zero-order valence-corrected chi connectivity index (χ0v) is 15.7. The van der Waals surface area contributed by atoms with Gasteiger partial charge in [0.15, 0.2) is 5.76 Å². The molecule has 0 aliphatic carbocycles. The first-order chi connectivity index (χ1) is 13.1. The monoisotopic (exact) mass is 367 g/mol. The summed E-state index contributed by atoms with van der Waals surface area (Å²) in [7, 11) is 1.60. The summed E-state index contributed by atoms with van der Waals surface area (Å²) < 4.78 is 5.79. The molecule has 5 rings (SSSR count). The van der Waals surface area contributed by atoms with Crippen LogP contribution in [0.3, 0.4) is 0 Å². The second-order valence-electron chi connectivity index (χ2n) is 7.43. The van der Waals surface area contributed by atoms with E-state index < -0.39 is 0 Å². The van der Waals surface area contributed by atoms with Crippen molar-refractivity contribution >= 4 is 11.8 Å². The van der Waals surface area contributed by atoms with Crippen molar-refractivity contribution < 1.29 is 14.0 Å². The van der Waals surface area contributed by atoms with E-state index in [0.717, 1.165) is 31.5 Å². The van der Waals surface area contributed by atoms with Gasteiger partial charge in [0, 0.05) is 30.3 Å². The number of hydrogen-bond donors (Lipinski definition) is 2. The number of nitrogens with one attached hydrogen (secondary N) is 2. The Balaban J connectivity index is 1.46.